The van der Waals surface area contributed by atoms with Crippen LogP contribution >= 0.6 is 0 Å². The maximum atomic E-state index is 9.24. The van der Waals surface area contributed by atoms with Gasteiger partial charge in [-0.05, 0) is 25.5 Å². The fourth-order valence-corrected chi connectivity index (χ4v) is 1.93. The molecule has 0 amide bonds. The highest BCUT2D eigenvalue weighted by molar-refractivity contribution is 5.86. The van der Waals surface area contributed by atoms with E-state index >= 15 is 0 Å². The summed E-state index contributed by atoms with van der Waals surface area (Å²) in [6.07, 6.45) is 1.05. The van der Waals surface area contributed by atoms with Crippen LogP contribution < -0.4 is 4.90 Å². The van der Waals surface area contributed by atoms with E-state index < -0.39 is 0 Å². The van der Waals surface area contributed by atoms with Gasteiger partial charge in [0.1, 0.15) is 5.82 Å². The zero-order valence-corrected chi connectivity index (χ0v) is 11.0. The van der Waals surface area contributed by atoms with E-state index in [-0.39, 0.29) is 0 Å². The molecule has 1 heterocycles. The first kappa shape index (κ1) is 12.4. The quantitative estimate of drug-likeness (QED) is 0.824. The largest absolute Gasteiger partial charge is 0.357 e. The molecule has 0 bridgehead atoms. The molecule has 0 aliphatic heterocycles. The van der Waals surface area contributed by atoms with Gasteiger partial charge >= 0.3 is 0 Å². The summed E-state index contributed by atoms with van der Waals surface area (Å²) in [6, 6.07) is 12.3. The minimum Gasteiger partial charge on any atom is -0.357 e. The van der Waals surface area contributed by atoms with Crippen molar-refractivity contribution in [3.63, 3.8) is 0 Å². The number of para-hydroxylation sites is 1. The summed E-state index contributed by atoms with van der Waals surface area (Å²) in [6.45, 7) is 4.30. The molecule has 0 saturated carbocycles. The number of nitrogens with zero attached hydrogens (tertiary/aromatic N) is 3. The van der Waals surface area contributed by atoms with E-state index in [1.807, 2.05) is 37.4 Å². The molecular formula is C15H17N3. The van der Waals surface area contributed by atoms with Gasteiger partial charge in [0.2, 0.25) is 0 Å². The van der Waals surface area contributed by atoms with Crippen molar-refractivity contribution < 1.29 is 0 Å². The minimum atomic E-state index is 0.408. The molecule has 0 spiro atoms. The van der Waals surface area contributed by atoms with Crippen molar-refractivity contribution in [2.45, 2.75) is 26.3 Å². The second-order valence-corrected chi connectivity index (χ2v) is 4.53. The van der Waals surface area contributed by atoms with E-state index in [0.29, 0.717) is 11.6 Å². The molecule has 1 atom stereocenters. The lowest BCUT2D eigenvalue weighted by Gasteiger charge is -2.25. The molecule has 0 aliphatic carbocycles. The van der Waals surface area contributed by atoms with Crippen molar-refractivity contribution in [2.24, 2.45) is 0 Å². The molecule has 0 radical (unpaired) electrons. The summed E-state index contributed by atoms with van der Waals surface area (Å²) in [5.74, 6) is 0.861. The number of hydrogen-bond acceptors (Lipinski definition) is 3. The van der Waals surface area contributed by atoms with Crippen LogP contribution in [0, 0.1) is 11.3 Å². The molecule has 2 aromatic rings. The van der Waals surface area contributed by atoms with E-state index in [4.69, 9.17) is 0 Å². The number of pyridine rings is 1. The van der Waals surface area contributed by atoms with E-state index in [2.05, 4.69) is 29.8 Å². The molecule has 1 aromatic carbocycles. The summed E-state index contributed by atoms with van der Waals surface area (Å²) in [4.78, 5) is 6.75. The van der Waals surface area contributed by atoms with Crippen molar-refractivity contribution in [3.8, 4) is 6.07 Å². The highest BCUT2D eigenvalue weighted by Gasteiger charge is 2.12. The van der Waals surface area contributed by atoms with Crippen molar-refractivity contribution in [2.75, 3.05) is 11.9 Å². The molecular weight excluding hydrogens is 222 g/mol. The van der Waals surface area contributed by atoms with Gasteiger partial charge in [-0.2, -0.15) is 5.26 Å². The van der Waals surface area contributed by atoms with E-state index in [9.17, 15) is 5.26 Å². The zero-order valence-electron chi connectivity index (χ0n) is 11.0. The smallest absolute Gasteiger partial charge is 0.130 e. The first-order valence-corrected chi connectivity index (χ1v) is 6.20. The predicted octanol–water partition coefficient (Wildman–Crippen LogP) is 3.34. The molecule has 0 aliphatic rings. The third kappa shape index (κ3) is 2.14. The lowest BCUT2D eigenvalue weighted by molar-refractivity contribution is 0.658. The first-order chi connectivity index (χ1) is 8.67. The van der Waals surface area contributed by atoms with Crippen molar-refractivity contribution in [1.82, 2.24) is 4.98 Å². The van der Waals surface area contributed by atoms with Crippen LogP contribution in [-0.4, -0.2) is 18.1 Å². The molecule has 0 fully saturated rings. The van der Waals surface area contributed by atoms with E-state index in [1.165, 1.54) is 0 Å². The number of rotatable bonds is 3. The van der Waals surface area contributed by atoms with Crippen molar-refractivity contribution in [3.05, 3.63) is 35.9 Å². The van der Waals surface area contributed by atoms with Gasteiger partial charge in [-0.1, -0.05) is 25.1 Å². The van der Waals surface area contributed by atoms with Gasteiger partial charge in [-0.25, -0.2) is 4.98 Å². The average molecular weight is 239 g/mol. The minimum absolute atomic E-state index is 0.408. The monoisotopic (exact) mass is 239 g/mol. The zero-order chi connectivity index (χ0) is 13.1. The fourth-order valence-electron chi connectivity index (χ4n) is 1.93. The first-order valence-electron chi connectivity index (χ1n) is 6.20. The van der Waals surface area contributed by atoms with Crippen molar-refractivity contribution >= 4 is 16.7 Å². The number of nitriles is 1. The molecule has 92 valence electrons. The SMILES string of the molecule is CCC(C)N(C)c1cc(C#N)c2ccccc2n1. The lowest BCUT2D eigenvalue weighted by atomic mass is 10.1. The molecule has 1 aromatic heterocycles. The van der Waals surface area contributed by atoms with Crippen LogP contribution in [0.5, 0.6) is 0 Å². The van der Waals surface area contributed by atoms with E-state index in [1.54, 1.807) is 0 Å². The van der Waals surface area contributed by atoms with Gasteiger partial charge in [0.05, 0.1) is 17.1 Å². The van der Waals surface area contributed by atoms with Gasteiger partial charge in [-0.15, -0.1) is 0 Å². The Balaban J connectivity index is 2.57. The van der Waals surface area contributed by atoms with Crippen molar-refractivity contribution in [1.29, 1.82) is 5.26 Å². The van der Waals surface area contributed by atoms with Crippen LogP contribution in [0.2, 0.25) is 0 Å². The summed E-state index contributed by atoms with van der Waals surface area (Å²) in [7, 11) is 2.02. The van der Waals surface area contributed by atoms with Crippen LogP contribution in [0.1, 0.15) is 25.8 Å². The third-order valence-electron chi connectivity index (χ3n) is 3.44. The Morgan fingerprint density at radius 2 is 2.11 bits per heavy atom. The number of fused-ring (bicyclic) bond motifs is 1. The lowest BCUT2D eigenvalue weighted by Crippen LogP contribution is -2.28. The molecule has 1 unspecified atom stereocenters. The molecule has 3 heteroatoms. The number of benzene rings is 1. The van der Waals surface area contributed by atoms with Gasteiger partial charge in [0.25, 0.3) is 0 Å². The van der Waals surface area contributed by atoms with Gasteiger partial charge in [-0.3, -0.25) is 0 Å². The van der Waals surface area contributed by atoms with Crippen LogP contribution in [0.4, 0.5) is 5.82 Å². The Bertz CT molecular complexity index is 598. The topological polar surface area (TPSA) is 39.9 Å². The Labute approximate surface area is 108 Å². The predicted molar refractivity (Wildman–Crippen MR) is 74.6 cm³/mol. The summed E-state index contributed by atoms with van der Waals surface area (Å²) < 4.78 is 0. The van der Waals surface area contributed by atoms with Gasteiger partial charge in [0, 0.05) is 18.5 Å². The van der Waals surface area contributed by atoms with Crippen LogP contribution in [0.3, 0.4) is 0 Å². The molecule has 3 nitrogen and oxygen atoms in total. The van der Waals surface area contributed by atoms with Gasteiger partial charge in [0.15, 0.2) is 0 Å². The maximum absolute atomic E-state index is 9.24. The third-order valence-corrected chi connectivity index (χ3v) is 3.44. The summed E-state index contributed by atoms with van der Waals surface area (Å²) in [5, 5.41) is 10.2. The highest BCUT2D eigenvalue weighted by atomic mass is 15.2. The molecule has 0 N–H and O–H groups in total. The molecule has 0 saturated heterocycles. The number of hydrogen-bond donors (Lipinski definition) is 0. The van der Waals surface area contributed by atoms with Gasteiger partial charge < -0.3 is 4.90 Å². The Kier molecular flexibility index (Phi) is 3.47. The number of anilines is 1. The maximum Gasteiger partial charge on any atom is 0.130 e. The Morgan fingerprint density at radius 1 is 1.39 bits per heavy atom. The second kappa shape index (κ2) is 5.05. The van der Waals surface area contributed by atoms with Crippen LogP contribution in [0.15, 0.2) is 30.3 Å². The Hall–Kier alpha value is -2.08. The normalized spacial score (nSPS) is 12.1. The average Bonchev–Trinajstić information content (AvgIpc) is 2.44. The molecule has 2 rings (SSSR count). The number of aromatic nitrogens is 1. The van der Waals surface area contributed by atoms with Crippen LogP contribution in [0.25, 0.3) is 10.9 Å². The second-order valence-electron chi connectivity index (χ2n) is 4.53. The van der Waals surface area contributed by atoms with E-state index in [0.717, 1.165) is 23.1 Å². The molecule has 18 heavy (non-hydrogen) atoms. The summed E-state index contributed by atoms with van der Waals surface area (Å²) >= 11 is 0. The summed E-state index contributed by atoms with van der Waals surface area (Å²) in [5.41, 5.74) is 1.56. The standard InChI is InChI=1S/C15H17N3/c1-4-11(2)18(3)15-9-12(10-16)13-7-5-6-8-14(13)17-15/h5-9,11H,4H2,1-3H3. The Morgan fingerprint density at radius 3 is 2.78 bits per heavy atom. The fraction of sp³-hybridized carbons (Fsp3) is 0.333. The highest BCUT2D eigenvalue weighted by Crippen LogP contribution is 2.23. The van der Waals surface area contributed by atoms with Crippen LogP contribution in [-0.2, 0) is 0 Å².